The summed E-state index contributed by atoms with van der Waals surface area (Å²) in [5.74, 6) is 0.945. The molecule has 0 aliphatic heterocycles. The molecular formula is C15H24N2OS. The standard InChI is InChI=1S/C15H24N2OS/c1-6-10-19-14-12(8-7-9-16-14)13(18)17-11(2)15(3,4)5/h7-9,11H,6,10H2,1-5H3,(H,17,18)/t11-/m1/s1. The third-order valence-corrected chi connectivity index (χ3v) is 4.32. The van der Waals surface area contributed by atoms with Gasteiger partial charge in [0.25, 0.3) is 5.91 Å². The Labute approximate surface area is 120 Å². The Morgan fingerprint density at radius 2 is 2.16 bits per heavy atom. The van der Waals surface area contributed by atoms with Gasteiger partial charge in [0.1, 0.15) is 5.03 Å². The van der Waals surface area contributed by atoms with E-state index in [1.165, 1.54) is 0 Å². The number of pyridine rings is 1. The zero-order chi connectivity index (χ0) is 14.5. The van der Waals surface area contributed by atoms with Crippen molar-refractivity contribution >= 4 is 17.7 Å². The predicted molar refractivity (Wildman–Crippen MR) is 81.6 cm³/mol. The first-order valence-electron chi connectivity index (χ1n) is 6.75. The Bertz CT molecular complexity index is 426. The van der Waals surface area contributed by atoms with Crippen LogP contribution in [0.4, 0.5) is 0 Å². The molecule has 0 aliphatic rings. The Morgan fingerprint density at radius 1 is 1.47 bits per heavy atom. The highest BCUT2D eigenvalue weighted by Crippen LogP contribution is 2.22. The molecule has 0 unspecified atom stereocenters. The van der Waals surface area contributed by atoms with Gasteiger partial charge in [-0.05, 0) is 36.6 Å². The number of hydrogen-bond donors (Lipinski definition) is 1. The fraction of sp³-hybridized carbons (Fsp3) is 0.600. The number of nitrogens with zero attached hydrogens (tertiary/aromatic N) is 1. The van der Waals surface area contributed by atoms with Gasteiger partial charge >= 0.3 is 0 Å². The topological polar surface area (TPSA) is 42.0 Å². The molecule has 0 spiro atoms. The number of carbonyl (C=O) groups is 1. The highest BCUT2D eigenvalue weighted by molar-refractivity contribution is 7.99. The summed E-state index contributed by atoms with van der Waals surface area (Å²) < 4.78 is 0. The van der Waals surface area contributed by atoms with E-state index in [2.05, 4.69) is 38.0 Å². The average molecular weight is 280 g/mol. The van der Waals surface area contributed by atoms with Crippen LogP contribution in [0.1, 0.15) is 51.4 Å². The van der Waals surface area contributed by atoms with Crippen molar-refractivity contribution in [3.63, 3.8) is 0 Å². The zero-order valence-corrected chi connectivity index (χ0v) is 13.3. The van der Waals surface area contributed by atoms with Crippen LogP contribution in [0.2, 0.25) is 0 Å². The third kappa shape index (κ3) is 4.86. The lowest BCUT2D eigenvalue weighted by Crippen LogP contribution is -2.41. The molecule has 0 saturated carbocycles. The Morgan fingerprint density at radius 3 is 2.74 bits per heavy atom. The van der Waals surface area contributed by atoms with Crippen LogP contribution in [0.15, 0.2) is 23.4 Å². The van der Waals surface area contributed by atoms with Crippen molar-refractivity contribution < 1.29 is 4.79 Å². The van der Waals surface area contributed by atoms with Crippen LogP contribution in [-0.2, 0) is 0 Å². The predicted octanol–water partition coefficient (Wildman–Crippen LogP) is 3.75. The lowest BCUT2D eigenvalue weighted by Gasteiger charge is -2.28. The summed E-state index contributed by atoms with van der Waals surface area (Å²) in [6, 6.07) is 3.77. The molecule has 1 rings (SSSR count). The maximum absolute atomic E-state index is 12.3. The van der Waals surface area contributed by atoms with Crippen molar-refractivity contribution in [1.29, 1.82) is 0 Å². The SMILES string of the molecule is CCCSc1ncccc1C(=O)N[C@H](C)C(C)(C)C. The van der Waals surface area contributed by atoms with Crippen LogP contribution in [0.3, 0.4) is 0 Å². The van der Waals surface area contributed by atoms with E-state index >= 15 is 0 Å². The molecule has 1 aromatic rings. The third-order valence-electron chi connectivity index (χ3n) is 3.11. The molecule has 0 bridgehead atoms. The van der Waals surface area contributed by atoms with Crippen molar-refractivity contribution in [1.82, 2.24) is 10.3 Å². The minimum absolute atomic E-state index is 0.0332. The summed E-state index contributed by atoms with van der Waals surface area (Å²) in [5, 5.41) is 3.88. The number of nitrogens with one attached hydrogen (secondary N) is 1. The number of carbonyl (C=O) groups excluding carboxylic acids is 1. The molecule has 0 saturated heterocycles. The van der Waals surface area contributed by atoms with Gasteiger partial charge in [-0.3, -0.25) is 4.79 Å². The van der Waals surface area contributed by atoms with Crippen LogP contribution in [0.5, 0.6) is 0 Å². The fourth-order valence-corrected chi connectivity index (χ4v) is 2.22. The molecule has 1 N–H and O–H groups in total. The van der Waals surface area contributed by atoms with Crippen LogP contribution < -0.4 is 5.32 Å². The van der Waals surface area contributed by atoms with E-state index < -0.39 is 0 Å². The number of hydrogen-bond acceptors (Lipinski definition) is 3. The molecule has 0 fully saturated rings. The fourth-order valence-electron chi connectivity index (χ4n) is 1.37. The van der Waals surface area contributed by atoms with E-state index in [1.807, 2.05) is 19.1 Å². The zero-order valence-electron chi connectivity index (χ0n) is 12.5. The number of amides is 1. The summed E-state index contributed by atoms with van der Waals surface area (Å²) in [4.78, 5) is 16.6. The molecule has 4 heteroatoms. The molecule has 3 nitrogen and oxygen atoms in total. The van der Waals surface area contributed by atoms with Crippen LogP contribution in [-0.4, -0.2) is 22.7 Å². The minimum Gasteiger partial charge on any atom is -0.349 e. The van der Waals surface area contributed by atoms with Crippen LogP contribution >= 0.6 is 11.8 Å². The van der Waals surface area contributed by atoms with Crippen molar-refractivity contribution in [3.8, 4) is 0 Å². The highest BCUT2D eigenvalue weighted by atomic mass is 32.2. The Kier molecular flexibility index (Phi) is 5.85. The van der Waals surface area contributed by atoms with Crippen LogP contribution in [0.25, 0.3) is 0 Å². The minimum atomic E-state index is -0.0332. The van der Waals surface area contributed by atoms with Gasteiger partial charge < -0.3 is 5.32 Å². The van der Waals surface area contributed by atoms with E-state index in [0.29, 0.717) is 5.56 Å². The summed E-state index contributed by atoms with van der Waals surface area (Å²) in [7, 11) is 0. The second kappa shape index (κ2) is 6.94. The van der Waals surface area contributed by atoms with Gasteiger partial charge in [-0.2, -0.15) is 0 Å². The van der Waals surface area contributed by atoms with Gasteiger partial charge in [0, 0.05) is 12.2 Å². The molecule has 0 aromatic carbocycles. The normalized spacial score (nSPS) is 13.1. The van der Waals surface area contributed by atoms with E-state index in [0.717, 1.165) is 17.2 Å². The molecule has 1 atom stereocenters. The lowest BCUT2D eigenvalue weighted by atomic mass is 9.88. The van der Waals surface area contributed by atoms with Crippen LogP contribution in [0, 0.1) is 5.41 Å². The molecule has 1 aromatic heterocycles. The Balaban J connectivity index is 2.82. The Hall–Kier alpha value is -1.03. The second-order valence-electron chi connectivity index (χ2n) is 5.77. The van der Waals surface area contributed by atoms with Gasteiger partial charge in [0.2, 0.25) is 0 Å². The van der Waals surface area contributed by atoms with Gasteiger partial charge in [-0.25, -0.2) is 4.98 Å². The maximum atomic E-state index is 12.3. The first kappa shape index (κ1) is 16.0. The summed E-state index contributed by atoms with van der Waals surface area (Å²) in [5.41, 5.74) is 0.728. The molecule has 1 amide bonds. The molecule has 1 heterocycles. The van der Waals surface area contributed by atoms with Gasteiger partial charge in [0.05, 0.1) is 5.56 Å². The molecule has 0 aliphatic carbocycles. The monoisotopic (exact) mass is 280 g/mol. The van der Waals surface area contributed by atoms with E-state index in [1.54, 1.807) is 18.0 Å². The lowest BCUT2D eigenvalue weighted by molar-refractivity contribution is 0.0906. The average Bonchev–Trinajstić information content (AvgIpc) is 2.35. The summed E-state index contributed by atoms with van der Waals surface area (Å²) >= 11 is 1.64. The molecular weight excluding hydrogens is 256 g/mol. The largest absolute Gasteiger partial charge is 0.349 e. The van der Waals surface area contributed by atoms with E-state index in [9.17, 15) is 4.79 Å². The van der Waals surface area contributed by atoms with Crippen molar-refractivity contribution in [3.05, 3.63) is 23.9 Å². The number of thioether (sulfide) groups is 1. The first-order chi connectivity index (χ1) is 8.86. The van der Waals surface area contributed by atoms with E-state index in [4.69, 9.17) is 0 Å². The molecule has 106 valence electrons. The molecule has 0 radical (unpaired) electrons. The first-order valence-corrected chi connectivity index (χ1v) is 7.73. The second-order valence-corrected chi connectivity index (χ2v) is 6.85. The quantitative estimate of drug-likeness (QED) is 0.835. The number of aromatic nitrogens is 1. The highest BCUT2D eigenvalue weighted by Gasteiger charge is 2.23. The smallest absolute Gasteiger partial charge is 0.254 e. The van der Waals surface area contributed by atoms with Gasteiger partial charge in [0.15, 0.2) is 0 Å². The summed E-state index contributed by atoms with van der Waals surface area (Å²) in [6.07, 6.45) is 2.81. The summed E-state index contributed by atoms with van der Waals surface area (Å²) in [6.45, 7) is 10.5. The van der Waals surface area contributed by atoms with Crippen molar-refractivity contribution in [2.75, 3.05) is 5.75 Å². The maximum Gasteiger partial charge on any atom is 0.254 e. The van der Waals surface area contributed by atoms with Gasteiger partial charge in [-0.1, -0.05) is 27.7 Å². The van der Waals surface area contributed by atoms with Gasteiger partial charge in [-0.15, -0.1) is 11.8 Å². The van der Waals surface area contributed by atoms with E-state index in [-0.39, 0.29) is 17.4 Å². The van der Waals surface area contributed by atoms with Crippen molar-refractivity contribution in [2.24, 2.45) is 5.41 Å². The van der Waals surface area contributed by atoms with Crippen molar-refractivity contribution in [2.45, 2.75) is 52.1 Å². The number of rotatable bonds is 5. The molecule has 19 heavy (non-hydrogen) atoms.